The average Bonchev–Trinajstić information content (AvgIpc) is 2.73. The molecule has 90 valence electrons. The van der Waals surface area contributed by atoms with E-state index in [-0.39, 0.29) is 0 Å². The SMILES string of the molecule is CCC(CSC)NCc1cc(C(=O)O)cs1. The maximum atomic E-state index is 10.7. The Morgan fingerprint density at radius 3 is 2.94 bits per heavy atom. The van der Waals surface area contributed by atoms with Crippen LogP contribution >= 0.6 is 23.1 Å². The van der Waals surface area contributed by atoms with Gasteiger partial charge in [-0.25, -0.2) is 4.79 Å². The zero-order chi connectivity index (χ0) is 12.0. The lowest BCUT2D eigenvalue weighted by Crippen LogP contribution is -2.29. The molecule has 0 aliphatic carbocycles. The van der Waals surface area contributed by atoms with E-state index in [1.165, 1.54) is 11.3 Å². The van der Waals surface area contributed by atoms with E-state index in [9.17, 15) is 4.79 Å². The summed E-state index contributed by atoms with van der Waals surface area (Å²) in [7, 11) is 0. The van der Waals surface area contributed by atoms with Gasteiger partial charge in [-0.15, -0.1) is 11.3 Å². The molecular weight excluding hydrogens is 242 g/mol. The Morgan fingerprint density at radius 1 is 1.69 bits per heavy atom. The molecule has 0 saturated carbocycles. The number of rotatable bonds is 7. The Balaban J connectivity index is 2.44. The normalized spacial score (nSPS) is 12.6. The van der Waals surface area contributed by atoms with Crippen LogP contribution in [0.15, 0.2) is 11.4 Å². The van der Waals surface area contributed by atoms with Crippen LogP contribution in [0.5, 0.6) is 0 Å². The van der Waals surface area contributed by atoms with Gasteiger partial charge in [0.25, 0.3) is 0 Å². The fourth-order valence-electron chi connectivity index (χ4n) is 1.35. The Hall–Kier alpha value is -0.520. The first-order valence-electron chi connectivity index (χ1n) is 5.20. The molecule has 1 aromatic heterocycles. The molecule has 0 aliphatic heterocycles. The molecule has 2 N–H and O–H groups in total. The van der Waals surface area contributed by atoms with Crippen molar-refractivity contribution < 1.29 is 9.90 Å². The number of hydrogen-bond acceptors (Lipinski definition) is 4. The lowest BCUT2D eigenvalue weighted by Gasteiger charge is -2.14. The second-order valence-electron chi connectivity index (χ2n) is 3.55. The quantitative estimate of drug-likeness (QED) is 0.790. The molecule has 0 spiro atoms. The third-order valence-electron chi connectivity index (χ3n) is 2.33. The van der Waals surface area contributed by atoms with Crippen molar-refractivity contribution in [2.24, 2.45) is 0 Å². The molecule has 1 aromatic rings. The molecule has 1 unspecified atom stereocenters. The summed E-state index contributed by atoms with van der Waals surface area (Å²) in [6, 6.07) is 2.25. The minimum Gasteiger partial charge on any atom is -0.478 e. The topological polar surface area (TPSA) is 49.3 Å². The average molecular weight is 259 g/mol. The van der Waals surface area contributed by atoms with Crippen molar-refractivity contribution in [1.82, 2.24) is 5.32 Å². The van der Waals surface area contributed by atoms with E-state index in [2.05, 4.69) is 18.5 Å². The van der Waals surface area contributed by atoms with E-state index in [1.807, 2.05) is 11.8 Å². The highest BCUT2D eigenvalue weighted by molar-refractivity contribution is 7.98. The number of hydrogen-bond donors (Lipinski definition) is 2. The van der Waals surface area contributed by atoms with Gasteiger partial charge >= 0.3 is 5.97 Å². The summed E-state index contributed by atoms with van der Waals surface area (Å²) in [5.41, 5.74) is 0.389. The number of thioether (sulfide) groups is 1. The first-order chi connectivity index (χ1) is 7.67. The third kappa shape index (κ3) is 4.15. The highest BCUT2D eigenvalue weighted by Crippen LogP contribution is 2.15. The molecular formula is C11H17NO2S2. The Morgan fingerprint density at radius 2 is 2.44 bits per heavy atom. The van der Waals surface area contributed by atoms with Gasteiger partial charge in [-0.3, -0.25) is 0 Å². The van der Waals surface area contributed by atoms with Crippen LogP contribution in [0.4, 0.5) is 0 Å². The predicted octanol–water partition coefficient (Wildman–Crippen LogP) is 2.68. The maximum absolute atomic E-state index is 10.7. The number of carboxylic acid groups (broad SMARTS) is 1. The predicted molar refractivity (Wildman–Crippen MR) is 70.6 cm³/mol. The van der Waals surface area contributed by atoms with Gasteiger partial charge in [0.2, 0.25) is 0 Å². The van der Waals surface area contributed by atoms with Crippen LogP contribution in [0, 0.1) is 0 Å². The van der Waals surface area contributed by atoms with Gasteiger partial charge < -0.3 is 10.4 Å². The van der Waals surface area contributed by atoms with Crippen LogP contribution in [-0.2, 0) is 6.54 Å². The first kappa shape index (κ1) is 13.5. The number of nitrogens with one attached hydrogen (secondary N) is 1. The number of carboxylic acids is 1. The smallest absolute Gasteiger partial charge is 0.336 e. The highest BCUT2D eigenvalue weighted by Gasteiger charge is 2.08. The zero-order valence-corrected chi connectivity index (χ0v) is 11.2. The van der Waals surface area contributed by atoms with Gasteiger partial charge in [-0.05, 0) is 18.7 Å². The summed E-state index contributed by atoms with van der Waals surface area (Å²) < 4.78 is 0. The first-order valence-corrected chi connectivity index (χ1v) is 7.47. The molecule has 0 bridgehead atoms. The molecule has 1 atom stereocenters. The number of carbonyl (C=O) groups is 1. The van der Waals surface area contributed by atoms with Gasteiger partial charge in [-0.2, -0.15) is 11.8 Å². The Labute approximate surface area is 104 Å². The highest BCUT2D eigenvalue weighted by atomic mass is 32.2. The summed E-state index contributed by atoms with van der Waals surface area (Å²) in [4.78, 5) is 11.8. The third-order valence-corrected chi connectivity index (χ3v) is 4.00. The lowest BCUT2D eigenvalue weighted by molar-refractivity contribution is 0.0697. The molecule has 0 fully saturated rings. The second-order valence-corrected chi connectivity index (χ2v) is 5.45. The van der Waals surface area contributed by atoms with Gasteiger partial charge in [0.1, 0.15) is 0 Å². The van der Waals surface area contributed by atoms with E-state index in [4.69, 9.17) is 5.11 Å². The molecule has 0 saturated heterocycles. The standard InChI is InChI=1S/C11H17NO2S2/c1-3-9(7-15-2)12-5-10-4-8(6-16-10)11(13)14/h4,6,9,12H,3,5,7H2,1-2H3,(H,13,14). The molecule has 0 aromatic carbocycles. The van der Waals surface area contributed by atoms with Crippen LogP contribution in [0.2, 0.25) is 0 Å². The molecule has 3 nitrogen and oxygen atoms in total. The molecule has 1 heterocycles. The lowest BCUT2D eigenvalue weighted by atomic mass is 10.2. The summed E-state index contributed by atoms with van der Waals surface area (Å²) in [6.45, 7) is 2.92. The van der Waals surface area contributed by atoms with Crippen LogP contribution in [0.3, 0.4) is 0 Å². The summed E-state index contributed by atoms with van der Waals surface area (Å²) in [6.07, 6.45) is 3.19. The summed E-state index contributed by atoms with van der Waals surface area (Å²) >= 11 is 3.32. The summed E-state index contributed by atoms with van der Waals surface area (Å²) in [5.74, 6) is 0.242. The van der Waals surface area contributed by atoms with Crippen LogP contribution in [0.25, 0.3) is 0 Å². The largest absolute Gasteiger partial charge is 0.478 e. The molecule has 0 radical (unpaired) electrons. The number of aromatic carboxylic acids is 1. The fourth-order valence-corrected chi connectivity index (χ4v) is 2.92. The minimum absolute atomic E-state index is 0.389. The minimum atomic E-state index is -0.848. The molecule has 5 heteroatoms. The Kier molecular flexibility index (Phi) is 5.87. The van der Waals surface area contributed by atoms with E-state index in [1.54, 1.807) is 11.4 Å². The second kappa shape index (κ2) is 6.93. The fraction of sp³-hybridized carbons (Fsp3) is 0.545. The van der Waals surface area contributed by atoms with Gasteiger partial charge in [0, 0.05) is 28.6 Å². The van der Waals surface area contributed by atoms with Gasteiger partial charge in [-0.1, -0.05) is 6.92 Å². The van der Waals surface area contributed by atoms with Crippen molar-refractivity contribution in [1.29, 1.82) is 0 Å². The van der Waals surface area contributed by atoms with Crippen LogP contribution in [0.1, 0.15) is 28.6 Å². The van der Waals surface area contributed by atoms with E-state index in [0.717, 1.165) is 23.6 Å². The van der Waals surface area contributed by atoms with Crippen molar-refractivity contribution in [2.45, 2.75) is 25.9 Å². The van der Waals surface area contributed by atoms with Crippen molar-refractivity contribution in [3.8, 4) is 0 Å². The van der Waals surface area contributed by atoms with Crippen LogP contribution < -0.4 is 5.32 Å². The Bertz CT molecular complexity index is 338. The molecule has 0 aliphatic rings. The van der Waals surface area contributed by atoms with Gasteiger partial charge in [0.15, 0.2) is 0 Å². The van der Waals surface area contributed by atoms with Crippen molar-refractivity contribution >= 4 is 29.1 Å². The molecule has 1 rings (SSSR count). The zero-order valence-electron chi connectivity index (χ0n) is 9.53. The maximum Gasteiger partial charge on any atom is 0.336 e. The van der Waals surface area contributed by atoms with E-state index < -0.39 is 5.97 Å². The van der Waals surface area contributed by atoms with Crippen molar-refractivity contribution in [3.63, 3.8) is 0 Å². The van der Waals surface area contributed by atoms with Gasteiger partial charge in [0.05, 0.1) is 5.56 Å². The van der Waals surface area contributed by atoms with Crippen molar-refractivity contribution in [2.75, 3.05) is 12.0 Å². The van der Waals surface area contributed by atoms with Crippen LogP contribution in [-0.4, -0.2) is 29.1 Å². The number of thiophene rings is 1. The van der Waals surface area contributed by atoms with Crippen molar-refractivity contribution in [3.05, 3.63) is 21.9 Å². The molecule has 0 amide bonds. The molecule has 16 heavy (non-hydrogen) atoms. The summed E-state index contributed by atoms with van der Waals surface area (Å²) in [5, 5.41) is 13.9. The van der Waals surface area contributed by atoms with E-state index >= 15 is 0 Å². The van der Waals surface area contributed by atoms with E-state index in [0.29, 0.717) is 11.6 Å². The monoisotopic (exact) mass is 259 g/mol.